The fraction of sp³-hybridized carbons (Fsp3) is 0.417. The minimum atomic E-state index is -0.0273. The van der Waals surface area contributed by atoms with Gasteiger partial charge in [0.05, 0.1) is 0 Å². The summed E-state index contributed by atoms with van der Waals surface area (Å²) < 4.78 is 0. The zero-order chi connectivity index (χ0) is 12.3. The Morgan fingerprint density at radius 2 is 2.00 bits per heavy atom. The lowest BCUT2D eigenvalue weighted by molar-refractivity contribution is 0.196. The molecule has 1 saturated heterocycles. The highest BCUT2D eigenvalue weighted by Crippen LogP contribution is 2.21. The summed E-state index contributed by atoms with van der Waals surface area (Å²) in [6.45, 7) is 2.98. The molecular weight excluding hydrogens is 218 g/mol. The van der Waals surface area contributed by atoms with Gasteiger partial charge in [-0.25, -0.2) is 4.79 Å². The van der Waals surface area contributed by atoms with E-state index in [9.17, 15) is 9.90 Å². The molecule has 2 amide bonds. The smallest absolute Gasteiger partial charge is 0.317 e. The first-order valence-corrected chi connectivity index (χ1v) is 5.71. The van der Waals surface area contributed by atoms with E-state index in [4.69, 9.17) is 0 Å². The number of carbonyl (C=O) groups excluding carboxylic acids is 1. The third kappa shape index (κ3) is 2.61. The van der Waals surface area contributed by atoms with Crippen molar-refractivity contribution in [3.63, 3.8) is 0 Å². The summed E-state index contributed by atoms with van der Waals surface area (Å²) in [6, 6.07) is 7.17. The van der Waals surface area contributed by atoms with Crippen LogP contribution in [0.4, 0.5) is 10.5 Å². The molecule has 92 valence electrons. The Hall–Kier alpha value is -1.91. The van der Waals surface area contributed by atoms with Crippen molar-refractivity contribution < 1.29 is 9.90 Å². The number of amides is 2. The Morgan fingerprint density at radius 3 is 2.59 bits per heavy atom. The number of carbonyl (C=O) groups is 1. The fourth-order valence-corrected chi connectivity index (χ4v) is 2.02. The van der Waals surface area contributed by atoms with Crippen molar-refractivity contribution in [2.45, 2.75) is 0 Å². The molecule has 0 bridgehead atoms. The van der Waals surface area contributed by atoms with Crippen molar-refractivity contribution >= 4 is 11.7 Å². The predicted octanol–water partition coefficient (Wildman–Crippen LogP) is 0.854. The fourth-order valence-electron chi connectivity index (χ4n) is 2.02. The first-order valence-electron chi connectivity index (χ1n) is 5.71. The van der Waals surface area contributed by atoms with Gasteiger partial charge in [0.15, 0.2) is 0 Å². The number of benzene rings is 1. The molecule has 17 heavy (non-hydrogen) atoms. The molecule has 0 aromatic heterocycles. The van der Waals surface area contributed by atoms with Crippen LogP contribution in [0.5, 0.6) is 5.75 Å². The van der Waals surface area contributed by atoms with Crippen molar-refractivity contribution in [2.75, 3.05) is 38.1 Å². The SMILES string of the molecule is CNC(=O)N1CCN(c2cccc(O)c2)CC1. The van der Waals surface area contributed by atoms with Crippen molar-refractivity contribution in [3.05, 3.63) is 24.3 Å². The molecule has 1 aromatic rings. The summed E-state index contributed by atoms with van der Waals surface area (Å²) in [4.78, 5) is 15.4. The van der Waals surface area contributed by atoms with Crippen molar-refractivity contribution in [2.24, 2.45) is 0 Å². The average molecular weight is 235 g/mol. The molecule has 5 heteroatoms. The van der Waals surface area contributed by atoms with Gasteiger partial charge in [-0.05, 0) is 12.1 Å². The highest BCUT2D eigenvalue weighted by atomic mass is 16.3. The minimum Gasteiger partial charge on any atom is -0.508 e. The summed E-state index contributed by atoms with van der Waals surface area (Å²) in [6.07, 6.45) is 0. The molecular formula is C12H17N3O2. The second-order valence-electron chi connectivity index (χ2n) is 4.05. The molecule has 0 spiro atoms. The molecule has 1 aliphatic heterocycles. The largest absolute Gasteiger partial charge is 0.508 e. The third-order valence-electron chi connectivity index (χ3n) is 2.98. The van der Waals surface area contributed by atoms with E-state index in [1.165, 1.54) is 0 Å². The van der Waals surface area contributed by atoms with Crippen molar-refractivity contribution in [1.29, 1.82) is 0 Å². The molecule has 2 rings (SSSR count). The van der Waals surface area contributed by atoms with Crippen LogP contribution in [0.1, 0.15) is 0 Å². The summed E-state index contributed by atoms with van der Waals surface area (Å²) in [5, 5.41) is 12.0. The molecule has 0 saturated carbocycles. The van der Waals surface area contributed by atoms with Crippen LogP contribution in [-0.4, -0.2) is 49.3 Å². The molecule has 5 nitrogen and oxygen atoms in total. The van der Waals surface area contributed by atoms with Crippen LogP contribution < -0.4 is 10.2 Å². The predicted molar refractivity (Wildman–Crippen MR) is 66.3 cm³/mol. The van der Waals surface area contributed by atoms with E-state index in [1.807, 2.05) is 12.1 Å². The van der Waals surface area contributed by atoms with Crippen molar-refractivity contribution in [1.82, 2.24) is 10.2 Å². The van der Waals surface area contributed by atoms with Gasteiger partial charge in [0.25, 0.3) is 0 Å². The number of phenols is 1. The molecule has 1 heterocycles. The maximum absolute atomic E-state index is 11.4. The number of rotatable bonds is 1. The Bertz CT molecular complexity index is 400. The zero-order valence-electron chi connectivity index (χ0n) is 9.89. The minimum absolute atomic E-state index is 0.0273. The summed E-state index contributed by atoms with van der Waals surface area (Å²) in [7, 11) is 1.64. The van der Waals surface area contributed by atoms with Gasteiger partial charge in [-0.2, -0.15) is 0 Å². The van der Waals surface area contributed by atoms with E-state index >= 15 is 0 Å². The van der Waals surface area contributed by atoms with Gasteiger partial charge in [0.1, 0.15) is 5.75 Å². The Morgan fingerprint density at radius 1 is 1.29 bits per heavy atom. The van der Waals surface area contributed by atoms with Gasteiger partial charge in [0, 0.05) is 45.0 Å². The molecule has 2 N–H and O–H groups in total. The Kier molecular flexibility index (Phi) is 3.37. The van der Waals surface area contributed by atoms with Crippen molar-refractivity contribution in [3.8, 4) is 5.75 Å². The number of piperazine rings is 1. The van der Waals surface area contributed by atoms with Crippen LogP contribution in [0, 0.1) is 0 Å². The number of hydrogen-bond donors (Lipinski definition) is 2. The lowest BCUT2D eigenvalue weighted by Crippen LogP contribution is -2.51. The number of anilines is 1. The number of nitrogens with zero attached hydrogens (tertiary/aromatic N) is 2. The zero-order valence-corrected chi connectivity index (χ0v) is 9.89. The van der Waals surface area contributed by atoms with Gasteiger partial charge in [-0.3, -0.25) is 0 Å². The van der Waals surface area contributed by atoms with E-state index in [1.54, 1.807) is 24.1 Å². The molecule has 0 atom stereocenters. The lowest BCUT2D eigenvalue weighted by Gasteiger charge is -2.35. The summed E-state index contributed by atoms with van der Waals surface area (Å²) in [5.74, 6) is 0.274. The van der Waals surface area contributed by atoms with Gasteiger partial charge in [-0.1, -0.05) is 6.07 Å². The van der Waals surface area contributed by atoms with Crippen LogP contribution in [0.15, 0.2) is 24.3 Å². The topological polar surface area (TPSA) is 55.8 Å². The van der Waals surface area contributed by atoms with Gasteiger partial charge >= 0.3 is 6.03 Å². The maximum Gasteiger partial charge on any atom is 0.317 e. The molecule has 0 unspecified atom stereocenters. The normalized spacial score (nSPS) is 15.8. The van der Waals surface area contributed by atoms with Gasteiger partial charge < -0.3 is 20.2 Å². The highest BCUT2D eigenvalue weighted by molar-refractivity contribution is 5.74. The van der Waals surface area contributed by atoms with E-state index in [2.05, 4.69) is 10.2 Å². The quantitative estimate of drug-likeness (QED) is 0.759. The number of urea groups is 1. The number of phenolic OH excluding ortho intramolecular Hbond substituents is 1. The summed E-state index contributed by atoms with van der Waals surface area (Å²) >= 11 is 0. The second-order valence-corrected chi connectivity index (χ2v) is 4.05. The third-order valence-corrected chi connectivity index (χ3v) is 2.98. The van der Waals surface area contributed by atoms with Gasteiger partial charge in [-0.15, -0.1) is 0 Å². The van der Waals surface area contributed by atoms with Crippen LogP contribution in [0.25, 0.3) is 0 Å². The van der Waals surface area contributed by atoms with Crippen LogP contribution in [-0.2, 0) is 0 Å². The Labute approximate surface area is 101 Å². The van der Waals surface area contributed by atoms with Gasteiger partial charge in [0.2, 0.25) is 0 Å². The Balaban J connectivity index is 1.97. The van der Waals surface area contributed by atoms with E-state index in [-0.39, 0.29) is 11.8 Å². The standard InChI is InChI=1S/C12H17N3O2/c1-13-12(17)15-7-5-14(6-8-15)10-3-2-4-11(16)9-10/h2-4,9,16H,5-8H2,1H3,(H,13,17). The number of aromatic hydroxyl groups is 1. The lowest BCUT2D eigenvalue weighted by atomic mass is 10.2. The summed E-state index contributed by atoms with van der Waals surface area (Å²) in [5.41, 5.74) is 1.00. The molecule has 1 aliphatic rings. The van der Waals surface area contributed by atoms with Crippen LogP contribution in [0.3, 0.4) is 0 Å². The van der Waals surface area contributed by atoms with Crippen LogP contribution >= 0.6 is 0 Å². The maximum atomic E-state index is 11.4. The molecule has 0 aliphatic carbocycles. The van der Waals surface area contributed by atoms with E-state index < -0.39 is 0 Å². The van der Waals surface area contributed by atoms with E-state index in [0.29, 0.717) is 13.1 Å². The molecule has 1 aromatic carbocycles. The average Bonchev–Trinajstić information content (AvgIpc) is 2.38. The highest BCUT2D eigenvalue weighted by Gasteiger charge is 2.20. The van der Waals surface area contributed by atoms with E-state index in [0.717, 1.165) is 18.8 Å². The first kappa shape index (κ1) is 11.6. The van der Waals surface area contributed by atoms with Crippen LogP contribution in [0.2, 0.25) is 0 Å². The monoisotopic (exact) mass is 235 g/mol. The number of nitrogens with one attached hydrogen (secondary N) is 1. The first-order chi connectivity index (χ1) is 8.20. The molecule has 0 radical (unpaired) electrons. The number of hydrogen-bond acceptors (Lipinski definition) is 3. The second kappa shape index (κ2) is 4.95. The molecule has 1 fully saturated rings.